The van der Waals surface area contributed by atoms with Gasteiger partial charge in [-0.15, -0.1) is 0 Å². The predicted molar refractivity (Wildman–Crippen MR) is 66.8 cm³/mol. The highest BCUT2D eigenvalue weighted by atomic mass is 32.2. The number of aliphatic hydroxyl groups excluding tert-OH is 1. The Morgan fingerprint density at radius 2 is 2.06 bits per heavy atom. The van der Waals surface area contributed by atoms with E-state index in [4.69, 9.17) is 10.8 Å². The van der Waals surface area contributed by atoms with Crippen molar-refractivity contribution in [3.63, 3.8) is 0 Å². The van der Waals surface area contributed by atoms with E-state index in [1.807, 2.05) is 0 Å². The molecular weight excluding hydrogens is 259 g/mol. The lowest BCUT2D eigenvalue weighted by Crippen LogP contribution is -2.41. The summed E-state index contributed by atoms with van der Waals surface area (Å²) in [5.74, 6) is -0.994. The Morgan fingerprint density at radius 1 is 1.44 bits per heavy atom. The van der Waals surface area contributed by atoms with Crippen LogP contribution in [0.25, 0.3) is 0 Å². The number of nitrogen functional groups attached to an aromatic ring is 1. The fourth-order valence-electron chi connectivity index (χ4n) is 1.37. The summed E-state index contributed by atoms with van der Waals surface area (Å²) in [5.41, 5.74) is 5.59. The maximum absolute atomic E-state index is 13.5. The van der Waals surface area contributed by atoms with Crippen LogP contribution in [0.2, 0.25) is 0 Å². The van der Waals surface area contributed by atoms with Crippen LogP contribution in [0.4, 0.5) is 10.1 Å². The van der Waals surface area contributed by atoms with Gasteiger partial charge in [0.05, 0.1) is 6.61 Å². The van der Waals surface area contributed by atoms with E-state index in [1.165, 1.54) is 6.07 Å². The van der Waals surface area contributed by atoms with Crippen molar-refractivity contribution < 1.29 is 17.9 Å². The van der Waals surface area contributed by atoms with Gasteiger partial charge in [0.15, 0.2) is 0 Å². The van der Waals surface area contributed by atoms with Crippen molar-refractivity contribution >= 4 is 15.7 Å². The molecule has 5 nitrogen and oxygen atoms in total. The molecule has 4 N–H and O–H groups in total. The van der Waals surface area contributed by atoms with Gasteiger partial charge >= 0.3 is 0 Å². The van der Waals surface area contributed by atoms with Gasteiger partial charge in [0.25, 0.3) is 0 Å². The van der Waals surface area contributed by atoms with E-state index in [-0.39, 0.29) is 18.2 Å². The van der Waals surface area contributed by atoms with Crippen LogP contribution >= 0.6 is 0 Å². The summed E-state index contributed by atoms with van der Waals surface area (Å²) in [6.45, 7) is 3.14. The van der Waals surface area contributed by atoms with Crippen molar-refractivity contribution in [1.82, 2.24) is 4.72 Å². The number of anilines is 1. The minimum absolute atomic E-state index is 0.117. The van der Waals surface area contributed by atoms with Crippen molar-refractivity contribution in [3.8, 4) is 0 Å². The molecule has 0 aliphatic carbocycles. The highest BCUT2D eigenvalue weighted by Crippen LogP contribution is 2.18. The van der Waals surface area contributed by atoms with Crippen molar-refractivity contribution in [2.75, 3.05) is 12.3 Å². The normalized spacial score (nSPS) is 13.8. The van der Waals surface area contributed by atoms with Gasteiger partial charge in [0.2, 0.25) is 10.0 Å². The Bertz CT molecular complexity index is 517. The Hall–Kier alpha value is -1.18. The third-order valence-corrected chi connectivity index (χ3v) is 4.06. The molecule has 18 heavy (non-hydrogen) atoms. The van der Waals surface area contributed by atoms with Crippen LogP contribution < -0.4 is 10.5 Å². The van der Waals surface area contributed by atoms with Gasteiger partial charge in [-0.2, -0.15) is 0 Å². The molecule has 0 saturated carbocycles. The number of aliphatic hydroxyl groups is 1. The first-order valence-corrected chi connectivity index (χ1v) is 6.94. The zero-order chi connectivity index (χ0) is 13.9. The van der Waals surface area contributed by atoms with Crippen molar-refractivity contribution in [1.29, 1.82) is 0 Å². The van der Waals surface area contributed by atoms with Gasteiger partial charge < -0.3 is 10.8 Å². The zero-order valence-electron chi connectivity index (χ0n) is 10.2. The second-order valence-corrected chi connectivity index (χ2v) is 6.03. The highest BCUT2D eigenvalue weighted by molar-refractivity contribution is 7.89. The summed E-state index contributed by atoms with van der Waals surface area (Å²) >= 11 is 0. The summed E-state index contributed by atoms with van der Waals surface area (Å²) in [6.07, 6.45) is 0. The summed E-state index contributed by atoms with van der Waals surface area (Å²) < 4.78 is 39.7. The molecule has 0 aliphatic rings. The number of sulfonamides is 1. The van der Waals surface area contributed by atoms with Crippen LogP contribution in [0, 0.1) is 11.7 Å². The lowest BCUT2D eigenvalue weighted by molar-refractivity contribution is 0.227. The average molecular weight is 276 g/mol. The van der Waals surface area contributed by atoms with Gasteiger partial charge in [-0.1, -0.05) is 13.8 Å². The molecule has 0 bridgehead atoms. The number of rotatable bonds is 5. The molecule has 0 amide bonds. The summed E-state index contributed by atoms with van der Waals surface area (Å²) in [7, 11) is -4.03. The van der Waals surface area contributed by atoms with Crippen molar-refractivity contribution in [2.24, 2.45) is 5.92 Å². The first-order chi connectivity index (χ1) is 8.27. The predicted octanol–water partition coefficient (Wildman–Crippen LogP) is 0.703. The van der Waals surface area contributed by atoms with E-state index in [0.29, 0.717) is 0 Å². The van der Waals surface area contributed by atoms with Crippen LogP contribution in [-0.2, 0) is 10.0 Å². The van der Waals surface area contributed by atoms with Crippen LogP contribution in [-0.4, -0.2) is 26.2 Å². The molecule has 0 unspecified atom stereocenters. The molecule has 1 atom stereocenters. The molecule has 1 rings (SSSR count). The molecule has 0 fully saturated rings. The van der Waals surface area contributed by atoms with E-state index < -0.39 is 26.8 Å². The largest absolute Gasteiger partial charge is 0.399 e. The molecule has 0 radical (unpaired) electrons. The van der Waals surface area contributed by atoms with Crippen LogP contribution in [0.5, 0.6) is 0 Å². The maximum Gasteiger partial charge on any atom is 0.243 e. The molecule has 1 aromatic carbocycles. The quantitative estimate of drug-likeness (QED) is 0.690. The SMILES string of the molecule is CC(C)[C@@H](CO)NS(=O)(=O)c1cc(N)ccc1F. The summed E-state index contributed by atoms with van der Waals surface area (Å²) in [4.78, 5) is -0.512. The molecular formula is C11H17FN2O3S. The molecule has 0 aromatic heterocycles. The number of nitrogens with two attached hydrogens (primary N) is 1. The number of nitrogens with one attached hydrogen (secondary N) is 1. The number of hydrogen-bond acceptors (Lipinski definition) is 4. The molecule has 102 valence electrons. The number of benzene rings is 1. The van der Waals surface area contributed by atoms with Gasteiger partial charge in [0, 0.05) is 11.7 Å². The van der Waals surface area contributed by atoms with Gasteiger partial charge in [-0.25, -0.2) is 17.5 Å². The molecule has 0 spiro atoms. The molecule has 7 heteroatoms. The van der Waals surface area contributed by atoms with E-state index in [1.54, 1.807) is 13.8 Å². The van der Waals surface area contributed by atoms with Gasteiger partial charge in [0.1, 0.15) is 10.7 Å². The van der Waals surface area contributed by atoms with Crippen molar-refractivity contribution in [3.05, 3.63) is 24.0 Å². The lowest BCUT2D eigenvalue weighted by Gasteiger charge is -2.20. The Morgan fingerprint density at radius 3 is 2.56 bits per heavy atom. The second kappa shape index (κ2) is 5.64. The maximum atomic E-state index is 13.5. The van der Waals surface area contributed by atoms with Gasteiger partial charge in [-0.05, 0) is 24.1 Å². The standard InChI is InChI=1S/C11H17FN2O3S/c1-7(2)10(6-15)14-18(16,17)11-5-8(13)3-4-9(11)12/h3-5,7,10,14-15H,6,13H2,1-2H3/t10-/m1/s1. The van der Waals surface area contributed by atoms with Crippen LogP contribution in [0.1, 0.15) is 13.8 Å². The Labute approximate surface area is 106 Å². The van der Waals surface area contributed by atoms with Crippen molar-refractivity contribution in [2.45, 2.75) is 24.8 Å². The second-order valence-electron chi connectivity index (χ2n) is 4.34. The van der Waals surface area contributed by atoms with E-state index in [9.17, 15) is 12.8 Å². The van der Waals surface area contributed by atoms with Crippen LogP contribution in [0.3, 0.4) is 0 Å². The Kier molecular flexibility index (Phi) is 4.66. The van der Waals surface area contributed by atoms with E-state index in [2.05, 4.69) is 4.72 Å². The van der Waals surface area contributed by atoms with Gasteiger partial charge in [-0.3, -0.25) is 0 Å². The van der Waals surface area contributed by atoms with E-state index >= 15 is 0 Å². The fourth-order valence-corrected chi connectivity index (χ4v) is 2.86. The highest BCUT2D eigenvalue weighted by Gasteiger charge is 2.24. The topological polar surface area (TPSA) is 92.4 Å². The molecule has 0 heterocycles. The van der Waals surface area contributed by atoms with E-state index in [0.717, 1.165) is 12.1 Å². The first-order valence-electron chi connectivity index (χ1n) is 5.46. The molecule has 1 aromatic rings. The first kappa shape index (κ1) is 14.9. The summed E-state index contributed by atoms with van der Waals surface area (Å²) in [5, 5.41) is 9.09. The third-order valence-electron chi connectivity index (χ3n) is 2.55. The van der Waals surface area contributed by atoms with Crippen LogP contribution in [0.15, 0.2) is 23.1 Å². The fraction of sp³-hybridized carbons (Fsp3) is 0.455. The minimum Gasteiger partial charge on any atom is -0.399 e. The number of hydrogen-bond donors (Lipinski definition) is 3. The Balaban J connectivity index is 3.10. The molecule has 0 saturated heterocycles. The average Bonchev–Trinajstić information content (AvgIpc) is 2.28. The summed E-state index contributed by atoms with van der Waals surface area (Å²) in [6, 6.07) is 2.65. The zero-order valence-corrected chi connectivity index (χ0v) is 11.0. The number of halogens is 1. The third kappa shape index (κ3) is 3.41. The smallest absolute Gasteiger partial charge is 0.243 e. The minimum atomic E-state index is -4.03. The monoisotopic (exact) mass is 276 g/mol. The lowest BCUT2D eigenvalue weighted by atomic mass is 10.1. The molecule has 0 aliphatic heterocycles.